The van der Waals surface area contributed by atoms with Crippen LogP contribution in [0.25, 0.3) is 0 Å². The molecule has 0 radical (unpaired) electrons. The maximum absolute atomic E-state index is 12.5. The van der Waals surface area contributed by atoms with Gasteiger partial charge in [0.25, 0.3) is 0 Å². The van der Waals surface area contributed by atoms with E-state index in [0.717, 1.165) is 23.1 Å². The highest BCUT2D eigenvalue weighted by Crippen LogP contribution is 2.12. The topological polar surface area (TPSA) is 17.1 Å². The van der Waals surface area contributed by atoms with Crippen molar-refractivity contribution in [3.63, 3.8) is 0 Å². The summed E-state index contributed by atoms with van der Waals surface area (Å²) in [5.74, 6) is 6.28. The molecular formula is C23H18O. The largest absolute Gasteiger partial charge is 0.289 e. The molecule has 1 nitrogen and oxygen atoms in total. The summed E-state index contributed by atoms with van der Waals surface area (Å²) in [4.78, 5) is 12.5. The van der Waals surface area contributed by atoms with E-state index in [1.807, 2.05) is 78.9 Å². The molecule has 1 heteroatoms. The first-order chi connectivity index (χ1) is 11.8. The van der Waals surface area contributed by atoms with E-state index in [2.05, 4.69) is 18.8 Å². The molecule has 0 aliphatic carbocycles. The number of benzene rings is 3. The lowest BCUT2D eigenvalue weighted by molar-refractivity contribution is 0.103. The van der Waals surface area contributed by atoms with Crippen LogP contribution in [-0.2, 0) is 6.42 Å². The summed E-state index contributed by atoms with van der Waals surface area (Å²) in [6.45, 7) is 2.10. The van der Waals surface area contributed by atoms with Crippen LogP contribution in [0.2, 0.25) is 0 Å². The molecule has 0 aromatic heterocycles. The van der Waals surface area contributed by atoms with Crippen molar-refractivity contribution in [2.24, 2.45) is 0 Å². The minimum absolute atomic E-state index is 0.0419. The van der Waals surface area contributed by atoms with Gasteiger partial charge in [-0.1, -0.05) is 61.2 Å². The Morgan fingerprint density at radius 3 is 1.75 bits per heavy atom. The molecule has 0 saturated carbocycles. The molecule has 116 valence electrons. The molecule has 3 aromatic rings. The highest BCUT2D eigenvalue weighted by molar-refractivity contribution is 6.09. The summed E-state index contributed by atoms with van der Waals surface area (Å²) in [5.41, 5.74) is 4.52. The van der Waals surface area contributed by atoms with Crippen LogP contribution < -0.4 is 0 Å². The highest BCUT2D eigenvalue weighted by atomic mass is 16.1. The van der Waals surface area contributed by atoms with E-state index in [-0.39, 0.29) is 5.78 Å². The van der Waals surface area contributed by atoms with Gasteiger partial charge in [-0.25, -0.2) is 0 Å². The summed E-state index contributed by atoms with van der Waals surface area (Å²) < 4.78 is 0. The van der Waals surface area contributed by atoms with Gasteiger partial charge < -0.3 is 0 Å². The number of hydrogen-bond acceptors (Lipinski definition) is 1. The van der Waals surface area contributed by atoms with Crippen molar-refractivity contribution in [1.82, 2.24) is 0 Å². The Hall–Kier alpha value is -3.11. The third-order valence-electron chi connectivity index (χ3n) is 3.90. The van der Waals surface area contributed by atoms with Crippen LogP contribution in [0.15, 0.2) is 78.9 Å². The van der Waals surface area contributed by atoms with Gasteiger partial charge in [0, 0.05) is 22.3 Å². The highest BCUT2D eigenvalue weighted by Gasteiger charge is 2.08. The molecule has 0 amide bonds. The molecule has 0 bridgehead atoms. The fraction of sp³-hybridized carbons (Fsp3) is 0.0870. The zero-order valence-electron chi connectivity index (χ0n) is 13.6. The number of rotatable bonds is 3. The standard InChI is InChI=1S/C23H18O/c1-2-18-10-14-21(15-11-18)23(24)22-16-12-20(13-17-22)9-8-19-6-4-3-5-7-19/h3-7,10-17H,2H2,1H3. The van der Waals surface area contributed by atoms with Crippen LogP contribution in [0.5, 0.6) is 0 Å². The molecular weight excluding hydrogens is 292 g/mol. The number of aryl methyl sites for hydroxylation is 1. The average molecular weight is 310 g/mol. The van der Waals surface area contributed by atoms with Gasteiger partial charge in [-0.3, -0.25) is 4.79 Å². The zero-order chi connectivity index (χ0) is 16.8. The van der Waals surface area contributed by atoms with E-state index >= 15 is 0 Å². The van der Waals surface area contributed by atoms with Crippen molar-refractivity contribution >= 4 is 5.78 Å². The molecule has 3 aromatic carbocycles. The average Bonchev–Trinajstić information content (AvgIpc) is 2.67. The van der Waals surface area contributed by atoms with E-state index < -0.39 is 0 Å². The van der Waals surface area contributed by atoms with Crippen LogP contribution in [-0.4, -0.2) is 5.78 Å². The molecule has 0 spiro atoms. The van der Waals surface area contributed by atoms with Crippen LogP contribution in [0.3, 0.4) is 0 Å². The maximum Gasteiger partial charge on any atom is 0.193 e. The number of carbonyl (C=O) groups excluding carboxylic acids is 1. The lowest BCUT2D eigenvalue weighted by Gasteiger charge is -2.03. The second-order valence-electron chi connectivity index (χ2n) is 5.57. The van der Waals surface area contributed by atoms with Crippen LogP contribution >= 0.6 is 0 Å². The Bertz CT molecular complexity index is 877. The summed E-state index contributed by atoms with van der Waals surface area (Å²) in [6.07, 6.45) is 0.975. The minimum atomic E-state index is 0.0419. The van der Waals surface area contributed by atoms with Gasteiger partial charge in [0.2, 0.25) is 0 Å². The molecule has 0 N–H and O–H groups in total. The molecule has 0 saturated heterocycles. The van der Waals surface area contributed by atoms with E-state index in [4.69, 9.17) is 0 Å². The Labute approximate surface area is 143 Å². The Kier molecular flexibility index (Phi) is 4.89. The van der Waals surface area contributed by atoms with Crippen molar-refractivity contribution in [1.29, 1.82) is 0 Å². The Morgan fingerprint density at radius 2 is 1.21 bits per heavy atom. The summed E-state index contributed by atoms with van der Waals surface area (Å²) in [6, 6.07) is 25.1. The van der Waals surface area contributed by atoms with Crippen LogP contribution in [0, 0.1) is 11.8 Å². The monoisotopic (exact) mass is 310 g/mol. The van der Waals surface area contributed by atoms with Crippen molar-refractivity contribution < 1.29 is 4.79 Å². The SMILES string of the molecule is CCc1ccc(C(=O)c2ccc(C#Cc3ccccc3)cc2)cc1. The summed E-state index contributed by atoms with van der Waals surface area (Å²) in [7, 11) is 0. The Morgan fingerprint density at radius 1 is 0.708 bits per heavy atom. The van der Waals surface area contributed by atoms with Gasteiger partial charge in [0.1, 0.15) is 0 Å². The zero-order valence-corrected chi connectivity index (χ0v) is 13.6. The van der Waals surface area contributed by atoms with Gasteiger partial charge in [-0.15, -0.1) is 0 Å². The van der Waals surface area contributed by atoms with Gasteiger partial charge >= 0.3 is 0 Å². The van der Waals surface area contributed by atoms with E-state index in [9.17, 15) is 4.79 Å². The summed E-state index contributed by atoms with van der Waals surface area (Å²) >= 11 is 0. The number of ketones is 1. The fourth-order valence-corrected chi connectivity index (χ4v) is 2.43. The summed E-state index contributed by atoms with van der Waals surface area (Å²) in [5, 5.41) is 0. The fourth-order valence-electron chi connectivity index (χ4n) is 2.43. The predicted molar refractivity (Wildman–Crippen MR) is 98.1 cm³/mol. The Balaban J connectivity index is 1.76. The molecule has 0 atom stereocenters. The number of hydrogen-bond donors (Lipinski definition) is 0. The van der Waals surface area contributed by atoms with E-state index in [1.54, 1.807) is 0 Å². The van der Waals surface area contributed by atoms with Gasteiger partial charge in [-0.05, 0) is 48.4 Å². The lowest BCUT2D eigenvalue weighted by Crippen LogP contribution is -2.01. The lowest BCUT2D eigenvalue weighted by atomic mass is 10.0. The quantitative estimate of drug-likeness (QED) is 0.498. The molecule has 0 fully saturated rings. The smallest absolute Gasteiger partial charge is 0.193 e. The van der Waals surface area contributed by atoms with Crippen molar-refractivity contribution in [3.05, 3.63) is 107 Å². The van der Waals surface area contributed by atoms with Crippen molar-refractivity contribution in [2.75, 3.05) is 0 Å². The van der Waals surface area contributed by atoms with E-state index in [1.165, 1.54) is 5.56 Å². The molecule has 0 aliphatic heterocycles. The maximum atomic E-state index is 12.5. The molecule has 0 heterocycles. The third kappa shape index (κ3) is 3.80. The van der Waals surface area contributed by atoms with Gasteiger partial charge in [0.15, 0.2) is 5.78 Å². The van der Waals surface area contributed by atoms with Gasteiger partial charge in [0.05, 0.1) is 0 Å². The number of carbonyl (C=O) groups is 1. The third-order valence-corrected chi connectivity index (χ3v) is 3.90. The predicted octanol–water partition coefficient (Wildman–Crippen LogP) is 4.88. The molecule has 0 unspecified atom stereocenters. The van der Waals surface area contributed by atoms with Crippen LogP contribution in [0.1, 0.15) is 39.5 Å². The van der Waals surface area contributed by atoms with Crippen molar-refractivity contribution in [3.8, 4) is 11.8 Å². The van der Waals surface area contributed by atoms with Gasteiger partial charge in [-0.2, -0.15) is 0 Å². The normalized spacial score (nSPS) is 9.88. The second-order valence-corrected chi connectivity index (χ2v) is 5.57. The second kappa shape index (κ2) is 7.44. The minimum Gasteiger partial charge on any atom is -0.289 e. The molecule has 3 rings (SSSR count). The molecule has 24 heavy (non-hydrogen) atoms. The van der Waals surface area contributed by atoms with Crippen molar-refractivity contribution in [2.45, 2.75) is 13.3 Å². The first-order valence-electron chi connectivity index (χ1n) is 8.07. The van der Waals surface area contributed by atoms with E-state index in [0.29, 0.717) is 5.56 Å². The molecule has 0 aliphatic rings. The van der Waals surface area contributed by atoms with Crippen LogP contribution in [0.4, 0.5) is 0 Å². The first kappa shape index (κ1) is 15.8. The first-order valence-corrected chi connectivity index (χ1v) is 8.07.